The molecule has 5 aromatic rings. The molecule has 32 heavy (non-hydrogen) atoms. The second-order valence-electron chi connectivity index (χ2n) is 6.86. The van der Waals surface area contributed by atoms with Crippen molar-refractivity contribution in [3.63, 3.8) is 0 Å². The van der Waals surface area contributed by atoms with Crippen LogP contribution in [0.3, 0.4) is 0 Å². The quantitative estimate of drug-likeness (QED) is 0.296. The molecule has 0 unspecified atom stereocenters. The van der Waals surface area contributed by atoms with Crippen LogP contribution in [0.2, 0.25) is 15.2 Å². The first kappa shape index (κ1) is 20.6. The van der Waals surface area contributed by atoms with Crippen molar-refractivity contribution in [1.29, 1.82) is 0 Å². The van der Waals surface area contributed by atoms with E-state index < -0.39 is 5.78 Å². The van der Waals surface area contributed by atoms with Gasteiger partial charge >= 0.3 is 0 Å². The zero-order valence-corrected chi connectivity index (χ0v) is 18.4. The van der Waals surface area contributed by atoms with Gasteiger partial charge in [-0.3, -0.25) is 4.79 Å². The number of carbonyl (C=O) groups excluding carboxylic acids is 1. The standard InChI is InChI=1S/C22H12Cl3N5O2/c23-13-8-7-12(15(24)10-13)11-30-17-6-2-1-4-14(17)18(20(30)25)19(31)22-29-28-21(32-22)16-5-3-9-26-27-16/h1-10H,11H2. The van der Waals surface area contributed by atoms with Crippen molar-refractivity contribution >= 4 is 51.5 Å². The summed E-state index contributed by atoms with van der Waals surface area (Å²) in [7, 11) is 0. The maximum atomic E-state index is 13.3. The lowest BCUT2D eigenvalue weighted by atomic mass is 10.1. The van der Waals surface area contributed by atoms with Crippen LogP contribution in [0, 0.1) is 0 Å². The van der Waals surface area contributed by atoms with Crippen LogP contribution in [0.4, 0.5) is 0 Å². The van der Waals surface area contributed by atoms with E-state index in [1.807, 2.05) is 30.3 Å². The van der Waals surface area contributed by atoms with Crippen molar-refractivity contribution in [2.45, 2.75) is 6.54 Å². The fourth-order valence-electron chi connectivity index (χ4n) is 3.40. The maximum absolute atomic E-state index is 13.3. The minimum absolute atomic E-state index is 0.0919. The summed E-state index contributed by atoms with van der Waals surface area (Å²) in [5, 5.41) is 17.4. The van der Waals surface area contributed by atoms with Crippen molar-refractivity contribution in [3.8, 4) is 11.6 Å². The molecular formula is C22H12Cl3N5O2. The average Bonchev–Trinajstić information content (AvgIpc) is 3.40. The van der Waals surface area contributed by atoms with E-state index in [0.29, 0.717) is 27.7 Å². The van der Waals surface area contributed by atoms with Gasteiger partial charge in [-0.15, -0.1) is 15.3 Å². The molecule has 0 aliphatic heterocycles. The second-order valence-corrected chi connectivity index (χ2v) is 8.06. The number of ketones is 1. The molecular weight excluding hydrogens is 473 g/mol. The molecule has 5 rings (SSSR count). The monoisotopic (exact) mass is 483 g/mol. The van der Waals surface area contributed by atoms with Crippen LogP contribution in [-0.2, 0) is 6.54 Å². The van der Waals surface area contributed by atoms with Gasteiger partial charge in [0.05, 0.1) is 17.6 Å². The van der Waals surface area contributed by atoms with Crippen molar-refractivity contribution in [2.75, 3.05) is 0 Å². The van der Waals surface area contributed by atoms with Gasteiger partial charge in [-0.1, -0.05) is 59.1 Å². The van der Waals surface area contributed by atoms with Gasteiger partial charge in [0.15, 0.2) is 0 Å². The van der Waals surface area contributed by atoms with Gasteiger partial charge in [0.25, 0.3) is 17.6 Å². The maximum Gasteiger partial charge on any atom is 0.289 e. The average molecular weight is 485 g/mol. The molecule has 3 aromatic heterocycles. The van der Waals surface area contributed by atoms with Crippen molar-refractivity contribution in [2.24, 2.45) is 0 Å². The summed E-state index contributed by atoms with van der Waals surface area (Å²) in [5.74, 6) is -0.593. The molecule has 0 aliphatic carbocycles. The van der Waals surface area contributed by atoms with Crippen LogP contribution in [0.15, 0.2) is 65.2 Å². The molecule has 0 fully saturated rings. The van der Waals surface area contributed by atoms with Crippen molar-refractivity contribution in [1.82, 2.24) is 25.0 Å². The highest BCUT2D eigenvalue weighted by Gasteiger charge is 2.27. The van der Waals surface area contributed by atoms with Crippen LogP contribution in [-0.4, -0.2) is 30.7 Å². The SMILES string of the molecule is O=C(c1nnc(-c2cccnn2)o1)c1c(Cl)n(Cc2ccc(Cl)cc2Cl)c2ccccc12. The van der Waals surface area contributed by atoms with Crippen LogP contribution in [0.5, 0.6) is 0 Å². The summed E-state index contributed by atoms with van der Waals surface area (Å²) in [6, 6.07) is 16.0. The van der Waals surface area contributed by atoms with Crippen LogP contribution < -0.4 is 0 Å². The number of hydrogen-bond acceptors (Lipinski definition) is 6. The van der Waals surface area contributed by atoms with E-state index >= 15 is 0 Å². The predicted octanol–water partition coefficient (Wildman–Crippen LogP) is 5.72. The Bertz CT molecular complexity index is 1460. The molecule has 2 aromatic carbocycles. The summed E-state index contributed by atoms with van der Waals surface area (Å²) in [6.07, 6.45) is 1.52. The smallest absolute Gasteiger partial charge is 0.289 e. The Morgan fingerprint density at radius 1 is 0.969 bits per heavy atom. The molecule has 7 nitrogen and oxygen atoms in total. The lowest BCUT2D eigenvalue weighted by Gasteiger charge is -2.09. The fourth-order valence-corrected chi connectivity index (χ4v) is 4.21. The molecule has 0 spiro atoms. The molecule has 3 heterocycles. The third kappa shape index (κ3) is 3.64. The zero-order chi connectivity index (χ0) is 22.2. The van der Waals surface area contributed by atoms with Gasteiger partial charge in [-0.25, -0.2) is 0 Å². The van der Waals surface area contributed by atoms with Gasteiger partial charge in [-0.2, -0.15) is 5.10 Å². The molecule has 0 atom stereocenters. The highest BCUT2D eigenvalue weighted by Crippen LogP contribution is 2.34. The van der Waals surface area contributed by atoms with E-state index in [1.165, 1.54) is 6.20 Å². The van der Waals surface area contributed by atoms with Crippen LogP contribution in [0.1, 0.15) is 21.8 Å². The third-order valence-electron chi connectivity index (χ3n) is 4.89. The number of halogens is 3. The third-order valence-corrected chi connectivity index (χ3v) is 5.87. The number of hydrogen-bond donors (Lipinski definition) is 0. The number of benzene rings is 2. The molecule has 0 saturated heterocycles. The molecule has 0 bridgehead atoms. The van der Waals surface area contributed by atoms with Gasteiger partial charge in [-0.05, 0) is 35.9 Å². The van der Waals surface area contributed by atoms with E-state index in [1.54, 1.807) is 28.8 Å². The lowest BCUT2D eigenvalue weighted by molar-refractivity contribution is 0.100. The summed E-state index contributed by atoms with van der Waals surface area (Å²) in [4.78, 5) is 13.3. The number of aromatic nitrogens is 5. The van der Waals surface area contributed by atoms with Gasteiger partial charge in [0.1, 0.15) is 10.8 Å². The number of para-hydroxylation sites is 1. The van der Waals surface area contributed by atoms with Crippen LogP contribution in [0.25, 0.3) is 22.5 Å². The number of rotatable bonds is 5. The van der Waals surface area contributed by atoms with E-state index in [2.05, 4.69) is 20.4 Å². The summed E-state index contributed by atoms with van der Waals surface area (Å²) in [5.41, 5.74) is 2.20. The Hall–Kier alpha value is -3.26. The molecule has 0 radical (unpaired) electrons. The molecule has 0 saturated carbocycles. The van der Waals surface area contributed by atoms with E-state index in [0.717, 1.165) is 11.1 Å². The van der Waals surface area contributed by atoms with Crippen molar-refractivity contribution < 1.29 is 9.21 Å². The summed E-state index contributed by atoms with van der Waals surface area (Å²) >= 11 is 19.1. The first-order chi connectivity index (χ1) is 15.5. The fraction of sp³-hybridized carbons (Fsp3) is 0.0455. The van der Waals surface area contributed by atoms with E-state index in [4.69, 9.17) is 39.2 Å². The van der Waals surface area contributed by atoms with Crippen molar-refractivity contribution in [3.05, 3.63) is 93.0 Å². The normalized spacial score (nSPS) is 11.2. The Labute approximate surface area is 196 Å². The van der Waals surface area contributed by atoms with E-state index in [-0.39, 0.29) is 22.5 Å². The predicted molar refractivity (Wildman–Crippen MR) is 121 cm³/mol. The molecule has 10 heteroatoms. The summed E-state index contributed by atoms with van der Waals surface area (Å²) in [6.45, 7) is 0.345. The Morgan fingerprint density at radius 2 is 1.81 bits per heavy atom. The zero-order valence-electron chi connectivity index (χ0n) is 16.2. The minimum atomic E-state index is -0.491. The number of fused-ring (bicyclic) bond motifs is 1. The minimum Gasteiger partial charge on any atom is -0.412 e. The number of nitrogens with zero attached hydrogens (tertiary/aromatic N) is 5. The first-order valence-electron chi connectivity index (χ1n) is 9.40. The summed E-state index contributed by atoms with van der Waals surface area (Å²) < 4.78 is 7.38. The largest absolute Gasteiger partial charge is 0.412 e. The molecule has 0 N–H and O–H groups in total. The molecule has 0 aliphatic rings. The highest BCUT2D eigenvalue weighted by molar-refractivity contribution is 6.37. The number of carbonyl (C=O) groups is 1. The van der Waals surface area contributed by atoms with Crippen LogP contribution >= 0.6 is 34.8 Å². The first-order valence-corrected chi connectivity index (χ1v) is 10.5. The highest BCUT2D eigenvalue weighted by atomic mass is 35.5. The Morgan fingerprint density at radius 3 is 2.59 bits per heavy atom. The topological polar surface area (TPSA) is 86.7 Å². The second kappa shape index (κ2) is 8.35. The van der Waals surface area contributed by atoms with Gasteiger partial charge < -0.3 is 8.98 Å². The van der Waals surface area contributed by atoms with E-state index in [9.17, 15) is 4.79 Å². The Kier molecular flexibility index (Phi) is 5.38. The molecule has 0 amide bonds. The van der Waals surface area contributed by atoms with Gasteiger partial charge in [0, 0.05) is 21.6 Å². The lowest BCUT2D eigenvalue weighted by Crippen LogP contribution is -2.04. The Balaban J connectivity index is 1.58. The molecule has 158 valence electrons. The van der Waals surface area contributed by atoms with Gasteiger partial charge in [0.2, 0.25) is 0 Å².